The van der Waals surface area contributed by atoms with Gasteiger partial charge in [-0.15, -0.1) is 0 Å². The van der Waals surface area contributed by atoms with Crippen LogP contribution in [0.25, 0.3) is 0 Å². The predicted octanol–water partition coefficient (Wildman–Crippen LogP) is 4.05. The van der Waals surface area contributed by atoms with Crippen molar-refractivity contribution in [1.29, 1.82) is 0 Å². The normalized spacial score (nSPS) is 18.7. The van der Waals surface area contributed by atoms with Gasteiger partial charge < -0.3 is 5.32 Å². The number of piperidine rings is 1. The Balaban J connectivity index is 1.64. The number of hydrogen-bond acceptors (Lipinski definition) is 3. The highest BCUT2D eigenvalue weighted by Gasteiger charge is 2.19. The van der Waals surface area contributed by atoms with Crippen LogP contribution in [0.2, 0.25) is 0 Å². The predicted molar refractivity (Wildman–Crippen MR) is 95.7 cm³/mol. The van der Waals surface area contributed by atoms with Gasteiger partial charge in [-0.3, -0.25) is 9.69 Å². The molecule has 1 aliphatic rings. The van der Waals surface area contributed by atoms with Gasteiger partial charge in [-0.1, -0.05) is 30.7 Å². The van der Waals surface area contributed by atoms with Gasteiger partial charge in [0.1, 0.15) is 0 Å². The highest BCUT2D eigenvalue weighted by molar-refractivity contribution is 7.08. The van der Waals surface area contributed by atoms with Gasteiger partial charge in [-0.25, -0.2) is 0 Å². The Morgan fingerprint density at radius 1 is 1.26 bits per heavy atom. The molecule has 1 atom stereocenters. The Morgan fingerprint density at radius 2 is 2.09 bits per heavy atom. The van der Waals surface area contributed by atoms with Crippen molar-refractivity contribution in [3.05, 3.63) is 57.8 Å². The number of rotatable bonds is 5. The van der Waals surface area contributed by atoms with Gasteiger partial charge in [0, 0.05) is 30.1 Å². The molecule has 122 valence electrons. The number of hydrogen-bond donors (Lipinski definition) is 1. The van der Waals surface area contributed by atoms with Crippen LogP contribution in [0.1, 0.15) is 47.7 Å². The lowest BCUT2D eigenvalue weighted by molar-refractivity contribution is 0.0951. The summed E-state index contributed by atoms with van der Waals surface area (Å²) in [5, 5.41) is 6.86. The van der Waals surface area contributed by atoms with Gasteiger partial charge >= 0.3 is 0 Å². The summed E-state index contributed by atoms with van der Waals surface area (Å²) in [5.41, 5.74) is 3.29. The lowest BCUT2D eigenvalue weighted by atomic mass is 10.0. The Hall–Kier alpha value is -1.65. The first-order valence-electron chi connectivity index (χ1n) is 8.35. The number of benzene rings is 1. The molecule has 1 aromatic carbocycles. The Bertz CT molecular complexity index is 639. The first-order chi connectivity index (χ1) is 11.2. The zero-order chi connectivity index (χ0) is 16.1. The largest absolute Gasteiger partial charge is 0.348 e. The van der Waals surface area contributed by atoms with Crippen LogP contribution in [0.15, 0.2) is 41.1 Å². The molecule has 1 aromatic heterocycles. The van der Waals surface area contributed by atoms with Gasteiger partial charge in [-0.2, -0.15) is 11.3 Å². The lowest BCUT2D eigenvalue weighted by Crippen LogP contribution is -2.37. The van der Waals surface area contributed by atoms with Crippen LogP contribution in [0, 0.1) is 0 Å². The van der Waals surface area contributed by atoms with E-state index >= 15 is 0 Å². The maximum absolute atomic E-state index is 12.1. The van der Waals surface area contributed by atoms with Gasteiger partial charge in [0.15, 0.2) is 0 Å². The summed E-state index contributed by atoms with van der Waals surface area (Å²) in [6.07, 6.45) is 3.93. The molecule has 1 amide bonds. The van der Waals surface area contributed by atoms with Crippen LogP contribution in [0.4, 0.5) is 0 Å². The molecule has 0 radical (unpaired) electrons. The average Bonchev–Trinajstić information content (AvgIpc) is 3.10. The van der Waals surface area contributed by atoms with Gasteiger partial charge in [0.2, 0.25) is 0 Å². The molecule has 3 rings (SSSR count). The van der Waals surface area contributed by atoms with Crippen LogP contribution < -0.4 is 5.32 Å². The molecule has 1 fully saturated rings. The second kappa shape index (κ2) is 7.75. The van der Waals surface area contributed by atoms with Crippen LogP contribution in [-0.2, 0) is 13.1 Å². The van der Waals surface area contributed by atoms with Crippen LogP contribution >= 0.6 is 11.3 Å². The quantitative estimate of drug-likeness (QED) is 0.898. The van der Waals surface area contributed by atoms with E-state index in [2.05, 4.69) is 41.4 Å². The molecule has 0 saturated carbocycles. The van der Waals surface area contributed by atoms with E-state index in [-0.39, 0.29) is 5.91 Å². The van der Waals surface area contributed by atoms with Crippen molar-refractivity contribution in [2.45, 2.75) is 45.3 Å². The fourth-order valence-electron chi connectivity index (χ4n) is 3.17. The Morgan fingerprint density at radius 3 is 2.83 bits per heavy atom. The molecule has 0 bridgehead atoms. The number of carbonyl (C=O) groups excluding carboxylic acids is 1. The minimum absolute atomic E-state index is 0.00685. The zero-order valence-corrected chi connectivity index (χ0v) is 14.4. The second-order valence-electron chi connectivity index (χ2n) is 6.28. The highest BCUT2D eigenvalue weighted by Crippen LogP contribution is 2.21. The molecule has 4 heteroatoms. The monoisotopic (exact) mass is 328 g/mol. The maximum Gasteiger partial charge on any atom is 0.252 e. The molecule has 2 aromatic rings. The van der Waals surface area contributed by atoms with Gasteiger partial charge in [0.05, 0.1) is 0 Å². The van der Waals surface area contributed by atoms with Crippen LogP contribution in [0.5, 0.6) is 0 Å². The zero-order valence-electron chi connectivity index (χ0n) is 13.6. The fourth-order valence-corrected chi connectivity index (χ4v) is 3.80. The summed E-state index contributed by atoms with van der Waals surface area (Å²) in [6, 6.07) is 11.0. The molecule has 0 aliphatic carbocycles. The van der Waals surface area contributed by atoms with Crippen LogP contribution in [-0.4, -0.2) is 23.4 Å². The number of nitrogens with zero attached hydrogens (tertiary/aromatic N) is 1. The molecular weight excluding hydrogens is 304 g/mol. The van der Waals surface area contributed by atoms with Crippen molar-refractivity contribution in [2.75, 3.05) is 6.54 Å². The molecule has 23 heavy (non-hydrogen) atoms. The topological polar surface area (TPSA) is 32.3 Å². The van der Waals surface area contributed by atoms with Crippen molar-refractivity contribution in [1.82, 2.24) is 10.2 Å². The smallest absolute Gasteiger partial charge is 0.252 e. The van der Waals surface area contributed by atoms with Crippen molar-refractivity contribution in [3.63, 3.8) is 0 Å². The fraction of sp³-hybridized carbons (Fsp3) is 0.421. The molecule has 2 heterocycles. The third-order valence-electron chi connectivity index (χ3n) is 4.66. The van der Waals surface area contributed by atoms with E-state index in [4.69, 9.17) is 0 Å². The summed E-state index contributed by atoms with van der Waals surface area (Å²) in [4.78, 5) is 14.7. The average molecular weight is 328 g/mol. The van der Waals surface area contributed by atoms with Crippen molar-refractivity contribution < 1.29 is 4.79 Å². The standard InChI is InChI=1S/C19H24N2OS/c1-15-6-4-5-10-21(15)13-17-8-3-2-7-16(17)12-20-19(22)18-9-11-23-14-18/h2-3,7-9,11,14-15H,4-6,10,12-13H2,1H3,(H,20,22). The summed E-state index contributed by atoms with van der Waals surface area (Å²) in [7, 11) is 0. The molecule has 1 saturated heterocycles. The number of nitrogens with one attached hydrogen (secondary N) is 1. The van der Waals surface area contributed by atoms with E-state index in [0.29, 0.717) is 12.6 Å². The summed E-state index contributed by atoms with van der Waals surface area (Å²) in [6.45, 7) is 5.07. The maximum atomic E-state index is 12.1. The second-order valence-corrected chi connectivity index (χ2v) is 7.06. The van der Waals surface area contributed by atoms with Crippen molar-refractivity contribution in [3.8, 4) is 0 Å². The van der Waals surface area contributed by atoms with E-state index < -0.39 is 0 Å². The summed E-state index contributed by atoms with van der Waals surface area (Å²) >= 11 is 1.55. The summed E-state index contributed by atoms with van der Waals surface area (Å²) < 4.78 is 0. The first-order valence-corrected chi connectivity index (χ1v) is 9.29. The molecule has 3 nitrogen and oxygen atoms in total. The number of likely N-dealkylation sites (tertiary alicyclic amines) is 1. The SMILES string of the molecule is CC1CCCCN1Cc1ccccc1CNC(=O)c1ccsc1. The lowest BCUT2D eigenvalue weighted by Gasteiger charge is -2.33. The van der Waals surface area contributed by atoms with Gasteiger partial charge in [-0.05, 0) is 48.9 Å². The van der Waals surface area contributed by atoms with Gasteiger partial charge in [0.25, 0.3) is 5.91 Å². The van der Waals surface area contributed by atoms with E-state index in [1.165, 1.54) is 36.9 Å². The number of carbonyl (C=O) groups is 1. The minimum Gasteiger partial charge on any atom is -0.348 e. The minimum atomic E-state index is 0.00685. The van der Waals surface area contributed by atoms with E-state index in [0.717, 1.165) is 12.1 Å². The third kappa shape index (κ3) is 4.21. The first kappa shape index (κ1) is 16.2. The Labute approximate surface area is 142 Å². The Kier molecular flexibility index (Phi) is 5.47. The number of amides is 1. The molecule has 1 N–H and O–H groups in total. The van der Waals surface area contributed by atoms with E-state index in [1.54, 1.807) is 11.3 Å². The molecular formula is C19H24N2OS. The summed E-state index contributed by atoms with van der Waals surface area (Å²) in [5.74, 6) is 0.00685. The van der Waals surface area contributed by atoms with Crippen LogP contribution in [0.3, 0.4) is 0 Å². The van der Waals surface area contributed by atoms with Crippen molar-refractivity contribution >= 4 is 17.2 Å². The van der Waals surface area contributed by atoms with Crippen molar-refractivity contribution in [2.24, 2.45) is 0 Å². The highest BCUT2D eigenvalue weighted by atomic mass is 32.1. The third-order valence-corrected chi connectivity index (χ3v) is 5.34. The number of thiophene rings is 1. The molecule has 1 unspecified atom stereocenters. The molecule has 0 spiro atoms. The van der Waals surface area contributed by atoms with E-state index in [9.17, 15) is 4.79 Å². The van der Waals surface area contributed by atoms with E-state index in [1.807, 2.05) is 16.8 Å². The molecule has 1 aliphatic heterocycles.